The Labute approximate surface area is 187 Å². The van der Waals surface area contributed by atoms with E-state index in [2.05, 4.69) is 20.8 Å². The molecule has 1 saturated heterocycles. The zero-order valence-corrected chi connectivity index (χ0v) is 18.7. The Hall–Kier alpha value is -2.88. The van der Waals surface area contributed by atoms with E-state index in [1.807, 2.05) is 6.92 Å². The third-order valence-electron chi connectivity index (χ3n) is 5.70. The minimum atomic E-state index is -0.671. The second-order valence-electron chi connectivity index (χ2n) is 7.96. The molecule has 1 atom stereocenters. The van der Waals surface area contributed by atoms with Gasteiger partial charge >= 0.3 is 0 Å². The molecule has 0 aliphatic carbocycles. The molecule has 1 aromatic carbocycles. The fraction of sp³-hybridized carbons (Fsp3) is 0.591. The van der Waals surface area contributed by atoms with Crippen LogP contribution in [0.4, 0.5) is 4.39 Å². The van der Waals surface area contributed by atoms with E-state index >= 15 is 0 Å². The standard InChI is InChI=1S/C22H31FN6O3/c1-3-32-13-5-10-24-21(30)18-8-11-28(12-9-18)22(31)20(29-16(2)25-26-27-29)15-17-6-4-7-19(23)14-17/h4,6-7,14,18,20H,3,5,8-13,15H2,1-2H3,(H,24,30). The van der Waals surface area contributed by atoms with Gasteiger partial charge in [0.05, 0.1) is 0 Å². The van der Waals surface area contributed by atoms with Crippen molar-refractivity contribution in [1.82, 2.24) is 30.4 Å². The molecule has 9 nitrogen and oxygen atoms in total. The molecule has 1 aromatic heterocycles. The van der Waals surface area contributed by atoms with Crippen molar-refractivity contribution in [3.8, 4) is 0 Å². The number of amides is 2. The molecule has 1 unspecified atom stereocenters. The highest BCUT2D eigenvalue weighted by molar-refractivity contribution is 5.82. The predicted molar refractivity (Wildman–Crippen MR) is 115 cm³/mol. The Kier molecular flexibility index (Phi) is 8.66. The summed E-state index contributed by atoms with van der Waals surface area (Å²) in [6.45, 7) is 6.53. The van der Waals surface area contributed by atoms with E-state index in [4.69, 9.17) is 4.74 Å². The van der Waals surface area contributed by atoms with Gasteiger partial charge in [0.25, 0.3) is 0 Å². The number of nitrogens with one attached hydrogen (secondary N) is 1. The van der Waals surface area contributed by atoms with Gasteiger partial charge in [-0.2, -0.15) is 0 Å². The number of benzene rings is 1. The summed E-state index contributed by atoms with van der Waals surface area (Å²) in [5, 5.41) is 14.5. The molecule has 1 N–H and O–H groups in total. The van der Waals surface area contributed by atoms with E-state index in [-0.39, 0.29) is 30.0 Å². The molecule has 2 amide bonds. The Balaban J connectivity index is 1.59. The molecule has 174 valence electrons. The second kappa shape index (κ2) is 11.7. The molecule has 2 heterocycles. The molecule has 0 bridgehead atoms. The van der Waals surface area contributed by atoms with Gasteiger partial charge < -0.3 is 15.0 Å². The van der Waals surface area contributed by atoms with Gasteiger partial charge in [-0.15, -0.1) is 5.10 Å². The first kappa shape index (κ1) is 23.8. The number of ether oxygens (including phenoxy) is 1. The fourth-order valence-corrected chi connectivity index (χ4v) is 3.94. The van der Waals surface area contributed by atoms with Crippen molar-refractivity contribution in [2.24, 2.45) is 5.92 Å². The van der Waals surface area contributed by atoms with Crippen LogP contribution in [0.5, 0.6) is 0 Å². The number of aromatic nitrogens is 4. The van der Waals surface area contributed by atoms with Crippen molar-refractivity contribution in [1.29, 1.82) is 0 Å². The lowest BCUT2D eigenvalue weighted by molar-refractivity contribution is -0.138. The lowest BCUT2D eigenvalue weighted by Crippen LogP contribution is -2.46. The van der Waals surface area contributed by atoms with E-state index in [0.717, 1.165) is 6.42 Å². The van der Waals surface area contributed by atoms with Gasteiger partial charge in [-0.05, 0) is 61.2 Å². The van der Waals surface area contributed by atoms with E-state index in [1.54, 1.807) is 24.0 Å². The van der Waals surface area contributed by atoms with Crippen LogP contribution >= 0.6 is 0 Å². The topological polar surface area (TPSA) is 102 Å². The van der Waals surface area contributed by atoms with Gasteiger partial charge in [-0.25, -0.2) is 9.07 Å². The maximum atomic E-state index is 13.7. The summed E-state index contributed by atoms with van der Waals surface area (Å²) in [6, 6.07) is 5.52. The summed E-state index contributed by atoms with van der Waals surface area (Å²) in [7, 11) is 0. The number of carbonyl (C=O) groups is 2. The smallest absolute Gasteiger partial charge is 0.247 e. The average molecular weight is 447 g/mol. The highest BCUT2D eigenvalue weighted by Crippen LogP contribution is 2.23. The zero-order chi connectivity index (χ0) is 22.9. The van der Waals surface area contributed by atoms with Gasteiger partial charge in [0.1, 0.15) is 17.7 Å². The van der Waals surface area contributed by atoms with Crippen LogP contribution in [0.25, 0.3) is 0 Å². The maximum Gasteiger partial charge on any atom is 0.247 e. The van der Waals surface area contributed by atoms with Crippen LogP contribution in [0, 0.1) is 18.7 Å². The van der Waals surface area contributed by atoms with Crippen LogP contribution in [0.3, 0.4) is 0 Å². The number of hydrogen-bond acceptors (Lipinski definition) is 6. The van der Waals surface area contributed by atoms with E-state index in [9.17, 15) is 14.0 Å². The first-order valence-electron chi connectivity index (χ1n) is 11.1. The largest absolute Gasteiger partial charge is 0.382 e. The predicted octanol–water partition coefficient (Wildman–Crippen LogP) is 1.69. The van der Waals surface area contributed by atoms with Gasteiger partial charge in [-0.3, -0.25) is 9.59 Å². The summed E-state index contributed by atoms with van der Waals surface area (Å²) >= 11 is 0. The summed E-state index contributed by atoms with van der Waals surface area (Å²) in [5.41, 5.74) is 0.694. The highest BCUT2D eigenvalue weighted by Gasteiger charge is 2.33. The Morgan fingerprint density at radius 2 is 2.09 bits per heavy atom. The molecule has 2 aromatic rings. The molecule has 0 saturated carbocycles. The van der Waals surface area contributed by atoms with Gasteiger partial charge in [0.2, 0.25) is 11.8 Å². The summed E-state index contributed by atoms with van der Waals surface area (Å²) in [4.78, 5) is 27.6. The molecule has 1 aliphatic heterocycles. The van der Waals surface area contributed by atoms with Crippen molar-refractivity contribution in [3.63, 3.8) is 0 Å². The van der Waals surface area contributed by atoms with Crippen molar-refractivity contribution in [2.45, 2.75) is 45.6 Å². The number of halogens is 1. The number of nitrogens with zero attached hydrogens (tertiary/aromatic N) is 5. The van der Waals surface area contributed by atoms with E-state index in [0.29, 0.717) is 57.1 Å². The Bertz CT molecular complexity index is 897. The molecule has 32 heavy (non-hydrogen) atoms. The normalized spacial score (nSPS) is 15.5. The quantitative estimate of drug-likeness (QED) is 0.557. The lowest BCUT2D eigenvalue weighted by Gasteiger charge is -2.33. The maximum absolute atomic E-state index is 13.7. The second-order valence-corrected chi connectivity index (χ2v) is 7.96. The number of carbonyl (C=O) groups excluding carboxylic acids is 2. The van der Waals surface area contributed by atoms with Crippen molar-refractivity contribution in [3.05, 3.63) is 41.5 Å². The molecule has 0 radical (unpaired) electrons. The number of rotatable bonds is 10. The molecule has 0 spiro atoms. The average Bonchev–Trinajstić information content (AvgIpc) is 3.22. The number of aryl methyl sites for hydroxylation is 1. The van der Waals surface area contributed by atoms with Crippen LogP contribution in [-0.2, 0) is 20.7 Å². The van der Waals surface area contributed by atoms with Crippen LogP contribution in [0.1, 0.15) is 43.6 Å². The van der Waals surface area contributed by atoms with Crippen molar-refractivity contribution < 1.29 is 18.7 Å². The summed E-state index contributed by atoms with van der Waals surface area (Å²) in [5.74, 6) is -0.0414. The first-order valence-corrected chi connectivity index (χ1v) is 11.1. The SMILES string of the molecule is CCOCCCNC(=O)C1CCN(C(=O)C(Cc2cccc(F)c2)n2nnnc2C)CC1. The van der Waals surface area contributed by atoms with Crippen LogP contribution in [0.15, 0.2) is 24.3 Å². The molecule has 1 fully saturated rings. The Morgan fingerprint density at radius 3 is 2.75 bits per heavy atom. The minimum Gasteiger partial charge on any atom is -0.382 e. The number of tetrazole rings is 1. The Morgan fingerprint density at radius 1 is 1.31 bits per heavy atom. The third-order valence-corrected chi connectivity index (χ3v) is 5.70. The fourth-order valence-electron chi connectivity index (χ4n) is 3.94. The molecule has 10 heteroatoms. The van der Waals surface area contributed by atoms with Crippen LogP contribution < -0.4 is 5.32 Å². The summed E-state index contributed by atoms with van der Waals surface area (Å²) in [6.07, 6.45) is 2.27. The highest BCUT2D eigenvalue weighted by atomic mass is 19.1. The first-order chi connectivity index (χ1) is 15.5. The van der Waals surface area contributed by atoms with Gasteiger partial charge in [-0.1, -0.05) is 12.1 Å². The van der Waals surface area contributed by atoms with Crippen LogP contribution in [0.2, 0.25) is 0 Å². The molecule has 1 aliphatic rings. The zero-order valence-electron chi connectivity index (χ0n) is 18.7. The third kappa shape index (κ3) is 6.32. The van der Waals surface area contributed by atoms with Crippen LogP contribution in [-0.4, -0.2) is 69.8 Å². The summed E-state index contributed by atoms with van der Waals surface area (Å²) < 4.78 is 20.4. The van der Waals surface area contributed by atoms with E-state index in [1.165, 1.54) is 16.8 Å². The minimum absolute atomic E-state index is 0.0289. The van der Waals surface area contributed by atoms with Crippen molar-refractivity contribution >= 4 is 11.8 Å². The van der Waals surface area contributed by atoms with E-state index < -0.39 is 6.04 Å². The van der Waals surface area contributed by atoms with Crippen molar-refractivity contribution in [2.75, 3.05) is 32.8 Å². The monoisotopic (exact) mass is 446 g/mol. The number of piperidine rings is 1. The number of likely N-dealkylation sites (tertiary alicyclic amines) is 1. The molecule has 3 rings (SSSR count). The lowest BCUT2D eigenvalue weighted by atomic mass is 9.94. The van der Waals surface area contributed by atoms with Gasteiger partial charge in [0, 0.05) is 45.2 Å². The van der Waals surface area contributed by atoms with Gasteiger partial charge in [0.15, 0.2) is 0 Å². The number of hydrogen-bond donors (Lipinski definition) is 1. The molecular weight excluding hydrogens is 415 g/mol. The molecular formula is C22H31FN6O3.